The maximum Gasteiger partial charge on any atom is 0.252 e. The van der Waals surface area contributed by atoms with Crippen molar-refractivity contribution in [1.29, 1.82) is 0 Å². The SMILES string of the molecule is Cc1ccc(C(=O)NCCN(C)C(C)C)c(Br)c1. The van der Waals surface area contributed by atoms with E-state index in [1.165, 1.54) is 0 Å². The van der Waals surface area contributed by atoms with Crippen molar-refractivity contribution in [3.8, 4) is 0 Å². The molecular formula is C14H21BrN2O. The van der Waals surface area contributed by atoms with Crippen LogP contribution >= 0.6 is 15.9 Å². The largest absolute Gasteiger partial charge is 0.351 e. The van der Waals surface area contributed by atoms with Crippen LogP contribution in [0.3, 0.4) is 0 Å². The van der Waals surface area contributed by atoms with E-state index in [1.807, 2.05) is 25.1 Å². The minimum absolute atomic E-state index is 0.0287. The minimum atomic E-state index is -0.0287. The van der Waals surface area contributed by atoms with Gasteiger partial charge in [-0.25, -0.2) is 0 Å². The predicted molar refractivity (Wildman–Crippen MR) is 79.0 cm³/mol. The first kappa shape index (κ1) is 15.2. The van der Waals surface area contributed by atoms with Gasteiger partial charge in [-0.1, -0.05) is 6.07 Å². The highest BCUT2D eigenvalue weighted by molar-refractivity contribution is 9.10. The van der Waals surface area contributed by atoms with Crippen molar-refractivity contribution >= 4 is 21.8 Å². The molecule has 1 aromatic rings. The lowest BCUT2D eigenvalue weighted by Crippen LogP contribution is -2.36. The molecule has 0 unspecified atom stereocenters. The van der Waals surface area contributed by atoms with Gasteiger partial charge in [-0.3, -0.25) is 4.79 Å². The van der Waals surface area contributed by atoms with E-state index in [9.17, 15) is 4.79 Å². The molecule has 0 aliphatic rings. The van der Waals surface area contributed by atoms with Gasteiger partial charge in [0.05, 0.1) is 5.56 Å². The van der Waals surface area contributed by atoms with Gasteiger partial charge in [0.15, 0.2) is 0 Å². The highest BCUT2D eigenvalue weighted by atomic mass is 79.9. The van der Waals surface area contributed by atoms with E-state index < -0.39 is 0 Å². The van der Waals surface area contributed by atoms with Crippen LogP contribution in [0.15, 0.2) is 22.7 Å². The first-order valence-corrected chi connectivity index (χ1v) is 6.95. The summed E-state index contributed by atoms with van der Waals surface area (Å²) in [5, 5.41) is 2.93. The van der Waals surface area contributed by atoms with Gasteiger partial charge in [0.1, 0.15) is 0 Å². The van der Waals surface area contributed by atoms with Gasteiger partial charge in [0.25, 0.3) is 5.91 Å². The fourth-order valence-electron chi connectivity index (χ4n) is 1.50. The fourth-order valence-corrected chi connectivity index (χ4v) is 2.18. The molecule has 1 amide bonds. The smallest absolute Gasteiger partial charge is 0.252 e. The van der Waals surface area contributed by atoms with Gasteiger partial charge in [-0.15, -0.1) is 0 Å². The molecular weight excluding hydrogens is 292 g/mol. The Balaban J connectivity index is 2.51. The summed E-state index contributed by atoms with van der Waals surface area (Å²) >= 11 is 3.42. The van der Waals surface area contributed by atoms with Gasteiger partial charge < -0.3 is 10.2 Å². The standard InChI is InChI=1S/C14H21BrN2O/c1-10(2)17(4)8-7-16-14(18)12-6-5-11(3)9-13(12)15/h5-6,9-10H,7-8H2,1-4H3,(H,16,18). The molecule has 0 fully saturated rings. The van der Waals surface area contributed by atoms with E-state index >= 15 is 0 Å². The number of halogens is 1. The first-order chi connectivity index (χ1) is 8.41. The van der Waals surface area contributed by atoms with Gasteiger partial charge in [-0.05, 0) is 61.4 Å². The van der Waals surface area contributed by atoms with Crippen LogP contribution in [-0.2, 0) is 0 Å². The number of nitrogens with zero attached hydrogens (tertiary/aromatic N) is 1. The van der Waals surface area contributed by atoms with Crippen LogP contribution in [0.25, 0.3) is 0 Å². The molecule has 0 atom stereocenters. The molecule has 1 N–H and O–H groups in total. The van der Waals surface area contributed by atoms with Crippen molar-refractivity contribution in [2.45, 2.75) is 26.8 Å². The third-order valence-corrected chi connectivity index (χ3v) is 3.66. The second kappa shape index (κ2) is 6.90. The van der Waals surface area contributed by atoms with Gasteiger partial charge in [0, 0.05) is 23.6 Å². The molecule has 0 aromatic heterocycles. The molecule has 0 saturated heterocycles. The van der Waals surface area contributed by atoms with Gasteiger partial charge in [0.2, 0.25) is 0 Å². The molecule has 0 spiro atoms. The number of aryl methyl sites for hydroxylation is 1. The molecule has 4 heteroatoms. The van der Waals surface area contributed by atoms with Crippen LogP contribution in [0.4, 0.5) is 0 Å². The highest BCUT2D eigenvalue weighted by Crippen LogP contribution is 2.18. The second-order valence-electron chi connectivity index (χ2n) is 4.81. The van der Waals surface area contributed by atoms with Crippen molar-refractivity contribution in [3.63, 3.8) is 0 Å². The summed E-state index contributed by atoms with van der Waals surface area (Å²) in [7, 11) is 2.05. The minimum Gasteiger partial charge on any atom is -0.351 e. The van der Waals surface area contributed by atoms with Crippen LogP contribution in [0.1, 0.15) is 29.8 Å². The number of hydrogen-bond donors (Lipinski definition) is 1. The normalized spacial score (nSPS) is 11.1. The second-order valence-corrected chi connectivity index (χ2v) is 5.67. The van der Waals surface area contributed by atoms with Crippen LogP contribution in [0, 0.1) is 6.92 Å². The zero-order valence-electron chi connectivity index (χ0n) is 11.5. The number of likely N-dealkylation sites (N-methyl/N-ethyl adjacent to an activating group) is 1. The van der Waals surface area contributed by atoms with Crippen molar-refractivity contribution in [1.82, 2.24) is 10.2 Å². The summed E-state index contributed by atoms with van der Waals surface area (Å²) in [4.78, 5) is 14.2. The fraction of sp³-hybridized carbons (Fsp3) is 0.500. The number of rotatable bonds is 5. The Kier molecular flexibility index (Phi) is 5.82. The summed E-state index contributed by atoms with van der Waals surface area (Å²) in [6.45, 7) is 7.79. The average molecular weight is 313 g/mol. The monoisotopic (exact) mass is 312 g/mol. The number of carbonyl (C=O) groups excluding carboxylic acids is 1. The van der Waals surface area contributed by atoms with E-state index in [-0.39, 0.29) is 5.91 Å². The van der Waals surface area contributed by atoms with Crippen molar-refractivity contribution in [3.05, 3.63) is 33.8 Å². The van der Waals surface area contributed by atoms with E-state index in [2.05, 4.69) is 47.0 Å². The zero-order valence-corrected chi connectivity index (χ0v) is 13.0. The topological polar surface area (TPSA) is 32.3 Å². The lowest BCUT2D eigenvalue weighted by Gasteiger charge is -2.20. The highest BCUT2D eigenvalue weighted by Gasteiger charge is 2.10. The molecule has 0 aliphatic carbocycles. The molecule has 0 radical (unpaired) electrons. The lowest BCUT2D eigenvalue weighted by atomic mass is 10.1. The van der Waals surface area contributed by atoms with Crippen molar-refractivity contribution < 1.29 is 4.79 Å². The Morgan fingerprint density at radius 1 is 1.44 bits per heavy atom. The third kappa shape index (κ3) is 4.42. The van der Waals surface area contributed by atoms with Crippen molar-refractivity contribution in [2.75, 3.05) is 20.1 Å². The molecule has 100 valence electrons. The Labute approximate surface area is 118 Å². The first-order valence-electron chi connectivity index (χ1n) is 6.16. The Morgan fingerprint density at radius 2 is 2.11 bits per heavy atom. The van der Waals surface area contributed by atoms with Crippen LogP contribution < -0.4 is 5.32 Å². The van der Waals surface area contributed by atoms with Crippen LogP contribution in [-0.4, -0.2) is 37.0 Å². The molecule has 1 aromatic carbocycles. The maximum absolute atomic E-state index is 12.0. The summed E-state index contributed by atoms with van der Waals surface area (Å²) in [6, 6.07) is 6.24. The number of carbonyl (C=O) groups is 1. The molecule has 0 saturated carbocycles. The zero-order chi connectivity index (χ0) is 13.7. The number of amides is 1. The molecule has 0 heterocycles. The number of nitrogens with one attached hydrogen (secondary N) is 1. The molecule has 3 nitrogen and oxygen atoms in total. The Morgan fingerprint density at radius 3 is 2.67 bits per heavy atom. The number of hydrogen-bond acceptors (Lipinski definition) is 2. The van der Waals surface area contributed by atoms with Crippen LogP contribution in [0.5, 0.6) is 0 Å². The summed E-state index contributed by atoms with van der Waals surface area (Å²) < 4.78 is 0.845. The molecule has 0 aliphatic heterocycles. The predicted octanol–water partition coefficient (Wildman–Crippen LogP) is 2.83. The lowest BCUT2D eigenvalue weighted by molar-refractivity contribution is 0.0947. The third-order valence-electron chi connectivity index (χ3n) is 3.00. The quantitative estimate of drug-likeness (QED) is 0.906. The number of benzene rings is 1. The molecule has 18 heavy (non-hydrogen) atoms. The molecule has 0 bridgehead atoms. The summed E-state index contributed by atoms with van der Waals surface area (Å²) in [6.07, 6.45) is 0. The summed E-state index contributed by atoms with van der Waals surface area (Å²) in [5.74, 6) is -0.0287. The van der Waals surface area contributed by atoms with E-state index in [4.69, 9.17) is 0 Å². The van der Waals surface area contributed by atoms with E-state index in [1.54, 1.807) is 0 Å². The summed E-state index contributed by atoms with van der Waals surface area (Å²) in [5.41, 5.74) is 1.82. The van der Waals surface area contributed by atoms with E-state index in [0.717, 1.165) is 16.6 Å². The van der Waals surface area contributed by atoms with Crippen LogP contribution in [0.2, 0.25) is 0 Å². The van der Waals surface area contributed by atoms with Gasteiger partial charge >= 0.3 is 0 Å². The van der Waals surface area contributed by atoms with Crippen molar-refractivity contribution in [2.24, 2.45) is 0 Å². The average Bonchev–Trinajstić information content (AvgIpc) is 2.28. The van der Waals surface area contributed by atoms with Gasteiger partial charge in [-0.2, -0.15) is 0 Å². The molecule has 1 rings (SSSR count). The van der Waals surface area contributed by atoms with E-state index in [0.29, 0.717) is 18.2 Å². The Bertz CT molecular complexity index is 418. The maximum atomic E-state index is 12.0. The Hall–Kier alpha value is -0.870.